The minimum atomic E-state index is -0.325. The third-order valence-electron chi connectivity index (χ3n) is 1.80. The first-order valence-corrected chi connectivity index (χ1v) is 7.13. The molecule has 2 aromatic heterocycles. The van der Waals surface area contributed by atoms with Gasteiger partial charge in [-0.05, 0) is 61.7 Å². The van der Waals surface area contributed by atoms with E-state index in [0.717, 1.165) is 13.1 Å². The summed E-state index contributed by atoms with van der Waals surface area (Å²) in [5.41, 5.74) is 0.972. The normalized spacial score (nSPS) is 13.1. The molecule has 0 amide bonds. The molecule has 1 unspecified atom stereocenters. The summed E-state index contributed by atoms with van der Waals surface area (Å²) in [6.07, 6.45) is 0. The quantitative estimate of drug-likeness (QED) is 0.586. The zero-order valence-electron chi connectivity index (χ0n) is 7.14. The number of halogens is 4. The van der Waals surface area contributed by atoms with E-state index >= 15 is 0 Å². The lowest BCUT2D eigenvalue weighted by atomic mass is 10.2. The summed E-state index contributed by atoms with van der Waals surface area (Å²) in [4.78, 5) is 0. The van der Waals surface area contributed by atoms with Crippen molar-refractivity contribution < 1.29 is 4.42 Å². The maximum atomic E-state index is 6.27. The highest BCUT2D eigenvalue weighted by atomic mass is 79.9. The topological polar surface area (TPSA) is 13.1 Å². The van der Waals surface area contributed by atoms with Crippen LogP contribution in [0, 0.1) is 0 Å². The van der Waals surface area contributed by atoms with Crippen LogP contribution >= 0.6 is 66.4 Å². The molecule has 80 valence electrons. The Kier molecular flexibility index (Phi) is 3.83. The van der Waals surface area contributed by atoms with Crippen LogP contribution in [-0.2, 0) is 0 Å². The lowest BCUT2D eigenvalue weighted by molar-refractivity contribution is 0.518. The Balaban J connectivity index is 2.35. The van der Waals surface area contributed by atoms with Crippen LogP contribution in [0.15, 0.2) is 30.2 Å². The van der Waals surface area contributed by atoms with E-state index in [0.29, 0.717) is 11.0 Å². The van der Waals surface area contributed by atoms with E-state index in [-0.39, 0.29) is 5.38 Å². The van der Waals surface area contributed by atoms with Crippen LogP contribution in [0.3, 0.4) is 0 Å². The van der Waals surface area contributed by atoms with Crippen LogP contribution in [0.25, 0.3) is 0 Å². The first-order valence-electron chi connectivity index (χ1n) is 3.92. The van der Waals surface area contributed by atoms with Crippen LogP contribution in [0.5, 0.6) is 0 Å². The summed E-state index contributed by atoms with van der Waals surface area (Å²) in [7, 11) is 0. The molecule has 0 saturated heterocycles. The largest absolute Gasteiger partial charge is 0.448 e. The molecule has 0 fully saturated rings. The van der Waals surface area contributed by atoms with E-state index in [1.54, 1.807) is 23.5 Å². The molecule has 0 aliphatic rings. The fourth-order valence-electron chi connectivity index (χ4n) is 1.14. The Bertz CT molecular complexity index is 480. The summed E-state index contributed by atoms with van der Waals surface area (Å²) in [6.45, 7) is 0. The molecule has 2 rings (SSSR count). The maximum absolute atomic E-state index is 6.27. The van der Waals surface area contributed by atoms with Gasteiger partial charge in [-0.15, -0.1) is 22.9 Å². The smallest absolute Gasteiger partial charge is 0.193 e. The van der Waals surface area contributed by atoms with Gasteiger partial charge in [-0.1, -0.05) is 0 Å². The highest BCUT2D eigenvalue weighted by molar-refractivity contribution is 9.12. The highest BCUT2D eigenvalue weighted by Crippen LogP contribution is 2.41. The van der Waals surface area contributed by atoms with Gasteiger partial charge in [0.2, 0.25) is 0 Å². The minimum absolute atomic E-state index is 0.325. The number of thiophene rings is 1. The van der Waals surface area contributed by atoms with E-state index in [1.807, 2.05) is 6.07 Å². The first-order chi connectivity index (χ1) is 7.08. The minimum Gasteiger partial charge on any atom is -0.448 e. The second kappa shape index (κ2) is 4.80. The SMILES string of the molecule is Clc1ccc(C(Cl)c2cc(Br)sc2Br)o1. The van der Waals surface area contributed by atoms with E-state index < -0.39 is 0 Å². The fourth-order valence-corrected chi connectivity index (χ4v) is 4.68. The van der Waals surface area contributed by atoms with Crippen LogP contribution in [0.2, 0.25) is 5.22 Å². The van der Waals surface area contributed by atoms with Gasteiger partial charge in [0.25, 0.3) is 0 Å². The number of alkyl halides is 1. The Morgan fingerprint density at radius 1 is 1.33 bits per heavy atom. The van der Waals surface area contributed by atoms with Crippen molar-refractivity contribution in [1.29, 1.82) is 0 Å². The average Bonchev–Trinajstić information content (AvgIpc) is 2.71. The van der Waals surface area contributed by atoms with Crippen molar-refractivity contribution in [3.63, 3.8) is 0 Å². The van der Waals surface area contributed by atoms with Gasteiger partial charge < -0.3 is 4.42 Å². The third kappa shape index (κ3) is 2.61. The number of hydrogen-bond acceptors (Lipinski definition) is 2. The zero-order valence-corrected chi connectivity index (χ0v) is 12.6. The second-order valence-electron chi connectivity index (χ2n) is 2.78. The summed E-state index contributed by atoms with van der Waals surface area (Å²) in [6, 6.07) is 5.42. The molecule has 0 bridgehead atoms. The Morgan fingerprint density at radius 2 is 2.07 bits per heavy atom. The molecular formula is C9H4Br2Cl2OS. The molecule has 1 nitrogen and oxygen atoms in total. The van der Waals surface area contributed by atoms with Crippen LogP contribution in [0.1, 0.15) is 16.7 Å². The zero-order chi connectivity index (χ0) is 11.0. The van der Waals surface area contributed by atoms with Gasteiger partial charge >= 0.3 is 0 Å². The predicted octanol–water partition coefficient (Wildman–Crippen LogP) is 5.85. The van der Waals surface area contributed by atoms with Gasteiger partial charge in [-0.2, -0.15) is 0 Å². The number of hydrogen-bond donors (Lipinski definition) is 0. The van der Waals surface area contributed by atoms with Gasteiger partial charge in [0.15, 0.2) is 5.22 Å². The van der Waals surface area contributed by atoms with E-state index in [2.05, 4.69) is 31.9 Å². The molecule has 15 heavy (non-hydrogen) atoms. The van der Waals surface area contributed by atoms with Gasteiger partial charge in [0.1, 0.15) is 11.1 Å². The van der Waals surface area contributed by atoms with Crippen LogP contribution in [-0.4, -0.2) is 0 Å². The van der Waals surface area contributed by atoms with E-state index in [4.69, 9.17) is 27.6 Å². The summed E-state index contributed by atoms with van der Waals surface area (Å²) >= 11 is 20.4. The molecule has 0 aromatic carbocycles. The third-order valence-corrected chi connectivity index (χ3v) is 4.84. The van der Waals surface area contributed by atoms with Gasteiger partial charge in [0.05, 0.1) is 7.57 Å². The predicted molar refractivity (Wildman–Crippen MR) is 71.1 cm³/mol. The lowest BCUT2D eigenvalue weighted by Gasteiger charge is -2.04. The summed E-state index contributed by atoms with van der Waals surface area (Å²) in [5, 5.41) is 0.0236. The standard InChI is InChI=1S/C9H4Br2Cl2OS/c10-6-3-4(9(11)15-6)8(13)5-1-2-7(12)14-5/h1-3,8H. The van der Waals surface area contributed by atoms with E-state index in [9.17, 15) is 0 Å². The summed E-state index contributed by atoms with van der Waals surface area (Å²) in [5.74, 6) is 0.646. The second-order valence-corrected chi connectivity index (χ2v) is 7.34. The molecular weight excluding hydrogens is 387 g/mol. The molecule has 6 heteroatoms. The fraction of sp³-hybridized carbons (Fsp3) is 0.111. The van der Waals surface area contributed by atoms with Gasteiger partial charge in [-0.25, -0.2) is 0 Å². The number of rotatable bonds is 2. The molecule has 0 radical (unpaired) electrons. The number of furan rings is 1. The Labute approximate surface area is 118 Å². The van der Waals surface area contributed by atoms with Crippen molar-refractivity contribution in [3.8, 4) is 0 Å². The van der Waals surface area contributed by atoms with Crippen molar-refractivity contribution in [2.24, 2.45) is 0 Å². The van der Waals surface area contributed by atoms with Crippen molar-refractivity contribution in [1.82, 2.24) is 0 Å². The molecule has 0 saturated carbocycles. The average molecular weight is 391 g/mol. The van der Waals surface area contributed by atoms with Gasteiger partial charge in [0, 0.05) is 5.56 Å². The van der Waals surface area contributed by atoms with Crippen LogP contribution in [0.4, 0.5) is 0 Å². The molecule has 1 atom stereocenters. The molecule has 2 heterocycles. The van der Waals surface area contributed by atoms with E-state index in [1.165, 1.54) is 0 Å². The maximum Gasteiger partial charge on any atom is 0.193 e. The van der Waals surface area contributed by atoms with Gasteiger partial charge in [-0.3, -0.25) is 0 Å². The lowest BCUT2D eigenvalue weighted by Crippen LogP contribution is -1.88. The van der Waals surface area contributed by atoms with Crippen molar-refractivity contribution >= 4 is 66.4 Å². The molecule has 2 aromatic rings. The van der Waals surface area contributed by atoms with Crippen molar-refractivity contribution in [2.45, 2.75) is 5.38 Å². The monoisotopic (exact) mass is 388 g/mol. The molecule has 0 aliphatic heterocycles. The Morgan fingerprint density at radius 3 is 2.53 bits per heavy atom. The highest BCUT2D eigenvalue weighted by Gasteiger charge is 2.19. The van der Waals surface area contributed by atoms with Crippen molar-refractivity contribution in [3.05, 3.63) is 42.3 Å². The summed E-state index contributed by atoms with van der Waals surface area (Å²) < 4.78 is 7.27. The molecule has 0 N–H and O–H groups in total. The molecule has 0 aliphatic carbocycles. The Hall–Kier alpha value is 0.520. The first kappa shape index (κ1) is 12.0. The molecule has 0 spiro atoms. The van der Waals surface area contributed by atoms with Crippen LogP contribution < -0.4 is 0 Å². The van der Waals surface area contributed by atoms with Crippen molar-refractivity contribution in [2.75, 3.05) is 0 Å².